The summed E-state index contributed by atoms with van der Waals surface area (Å²) >= 11 is 0. The van der Waals surface area contributed by atoms with Gasteiger partial charge in [-0.3, -0.25) is 4.68 Å². The molecule has 39 heavy (non-hydrogen) atoms. The standard InChI is InChI=1S/C29H42F3N5O2/c1-28(2,3)15-11-9-7-5-4-6-8-10-12-18-39-22-36-16-13-24-26(33-21-34-27(24)36)23-19-35-37(20-23)25(14-17-38)29(30,31)32/h13,16-17,19-21,25H,4-12,14-15,18,22H2,1-3H3/t25-/m1/s1. The zero-order valence-corrected chi connectivity index (χ0v) is 23.4. The van der Waals surface area contributed by atoms with Crippen LogP contribution in [0.1, 0.15) is 97.4 Å². The minimum atomic E-state index is -4.59. The van der Waals surface area contributed by atoms with E-state index < -0.39 is 18.6 Å². The fourth-order valence-electron chi connectivity index (χ4n) is 4.71. The third-order valence-corrected chi connectivity index (χ3v) is 6.89. The molecule has 3 rings (SSSR count). The Hall–Kier alpha value is -2.75. The summed E-state index contributed by atoms with van der Waals surface area (Å²) in [7, 11) is 0. The Labute approximate surface area is 229 Å². The van der Waals surface area contributed by atoms with E-state index in [-0.39, 0.29) is 6.29 Å². The van der Waals surface area contributed by atoms with Crippen LogP contribution in [0.2, 0.25) is 0 Å². The van der Waals surface area contributed by atoms with Crippen LogP contribution in [0.5, 0.6) is 0 Å². The molecule has 0 N–H and O–H groups in total. The maximum absolute atomic E-state index is 13.3. The van der Waals surface area contributed by atoms with Gasteiger partial charge in [0.1, 0.15) is 25.0 Å². The van der Waals surface area contributed by atoms with E-state index in [1.807, 2.05) is 16.8 Å². The molecule has 3 aromatic rings. The second-order valence-corrected chi connectivity index (χ2v) is 11.4. The van der Waals surface area contributed by atoms with Crippen LogP contribution in [0.25, 0.3) is 22.3 Å². The highest BCUT2D eigenvalue weighted by molar-refractivity contribution is 5.90. The molecular weight excluding hydrogens is 507 g/mol. The molecule has 0 aliphatic rings. The fraction of sp³-hybridized carbons (Fsp3) is 0.655. The molecule has 0 spiro atoms. The third kappa shape index (κ3) is 9.74. The van der Waals surface area contributed by atoms with E-state index in [1.165, 1.54) is 70.1 Å². The van der Waals surface area contributed by atoms with Gasteiger partial charge < -0.3 is 14.1 Å². The van der Waals surface area contributed by atoms with Gasteiger partial charge in [0, 0.05) is 36.4 Å². The smallest absolute Gasteiger partial charge is 0.361 e. The largest absolute Gasteiger partial charge is 0.411 e. The molecule has 0 aromatic carbocycles. The fourth-order valence-corrected chi connectivity index (χ4v) is 4.71. The maximum atomic E-state index is 13.3. The lowest BCUT2D eigenvalue weighted by atomic mass is 9.89. The lowest BCUT2D eigenvalue weighted by molar-refractivity contribution is -0.172. The van der Waals surface area contributed by atoms with Gasteiger partial charge in [-0.15, -0.1) is 0 Å². The van der Waals surface area contributed by atoms with Gasteiger partial charge in [-0.25, -0.2) is 9.97 Å². The SMILES string of the molecule is CC(C)(C)CCCCCCCCCCCOCn1ccc2c(-c3cnn([C@H](CC=O)C(F)(F)F)c3)ncnc21. The quantitative estimate of drug-likeness (QED) is 0.126. The Bertz CT molecular complexity index is 1150. The Morgan fingerprint density at radius 2 is 1.64 bits per heavy atom. The molecule has 0 fully saturated rings. The lowest BCUT2D eigenvalue weighted by Crippen LogP contribution is -2.27. The topological polar surface area (TPSA) is 74.8 Å². The van der Waals surface area contributed by atoms with Crippen LogP contribution in [0, 0.1) is 5.41 Å². The van der Waals surface area contributed by atoms with Crippen LogP contribution in [0.3, 0.4) is 0 Å². The molecule has 3 aromatic heterocycles. The number of unbranched alkanes of at least 4 members (excludes halogenated alkanes) is 8. The normalized spacial score (nSPS) is 13.3. The first-order valence-corrected chi connectivity index (χ1v) is 14.0. The van der Waals surface area contributed by atoms with Crippen LogP contribution in [-0.2, 0) is 16.3 Å². The van der Waals surface area contributed by atoms with Gasteiger partial charge in [0.25, 0.3) is 0 Å². The van der Waals surface area contributed by atoms with Gasteiger partial charge in [-0.05, 0) is 24.3 Å². The summed E-state index contributed by atoms with van der Waals surface area (Å²) < 4.78 is 48.5. The van der Waals surface area contributed by atoms with Crippen molar-refractivity contribution in [3.05, 3.63) is 31.0 Å². The molecule has 0 bridgehead atoms. The molecule has 7 nitrogen and oxygen atoms in total. The van der Waals surface area contributed by atoms with Crippen LogP contribution >= 0.6 is 0 Å². The summed E-state index contributed by atoms with van der Waals surface area (Å²) in [6.07, 6.45) is 13.4. The second-order valence-electron chi connectivity index (χ2n) is 11.4. The first-order chi connectivity index (χ1) is 18.6. The molecule has 3 heterocycles. The first kappa shape index (κ1) is 30.8. The highest BCUT2D eigenvalue weighted by atomic mass is 19.4. The summed E-state index contributed by atoms with van der Waals surface area (Å²) in [5.41, 5.74) is 1.98. The number of aromatic nitrogens is 5. The summed E-state index contributed by atoms with van der Waals surface area (Å²) in [5.74, 6) is 0. The number of ether oxygens (including phenoxy) is 1. The van der Waals surface area contributed by atoms with Crippen LogP contribution in [-0.4, -0.2) is 43.4 Å². The Morgan fingerprint density at radius 3 is 2.28 bits per heavy atom. The van der Waals surface area contributed by atoms with Gasteiger partial charge in [0.05, 0.1) is 11.9 Å². The van der Waals surface area contributed by atoms with E-state index in [1.54, 1.807) is 0 Å². The number of carbonyl (C=O) groups excluding carboxylic acids is 1. The van der Waals surface area contributed by atoms with E-state index in [4.69, 9.17) is 4.74 Å². The molecule has 0 amide bonds. The molecule has 10 heteroatoms. The Kier molecular flexibility index (Phi) is 11.5. The number of aldehydes is 1. The van der Waals surface area contributed by atoms with Crippen molar-refractivity contribution in [1.82, 2.24) is 24.3 Å². The summed E-state index contributed by atoms with van der Waals surface area (Å²) in [5, 5.41) is 4.55. The second kappa shape index (κ2) is 14.6. The van der Waals surface area contributed by atoms with E-state index in [2.05, 4.69) is 35.8 Å². The average molecular weight is 550 g/mol. The first-order valence-electron chi connectivity index (χ1n) is 14.0. The molecular formula is C29H42F3N5O2. The minimum absolute atomic E-state index is 0.249. The number of hydrogen-bond donors (Lipinski definition) is 0. The molecule has 216 valence electrons. The van der Waals surface area contributed by atoms with Crippen molar-refractivity contribution < 1.29 is 22.7 Å². The monoisotopic (exact) mass is 549 g/mol. The van der Waals surface area contributed by atoms with E-state index in [9.17, 15) is 18.0 Å². The predicted octanol–water partition coefficient (Wildman–Crippen LogP) is 7.91. The van der Waals surface area contributed by atoms with E-state index in [0.717, 1.165) is 17.5 Å². The number of nitrogens with zero attached hydrogens (tertiary/aromatic N) is 5. The Morgan fingerprint density at radius 1 is 0.974 bits per heavy atom. The number of fused-ring (bicyclic) bond motifs is 1. The van der Waals surface area contributed by atoms with Crippen molar-refractivity contribution in [2.75, 3.05) is 6.61 Å². The van der Waals surface area contributed by atoms with Crippen molar-refractivity contribution in [1.29, 1.82) is 0 Å². The summed E-state index contributed by atoms with van der Waals surface area (Å²) in [4.78, 5) is 19.4. The van der Waals surface area contributed by atoms with Gasteiger partial charge >= 0.3 is 6.18 Å². The van der Waals surface area contributed by atoms with E-state index >= 15 is 0 Å². The summed E-state index contributed by atoms with van der Waals surface area (Å²) in [6.45, 7) is 7.91. The average Bonchev–Trinajstić information content (AvgIpc) is 3.51. The zero-order valence-electron chi connectivity index (χ0n) is 23.4. The van der Waals surface area contributed by atoms with Gasteiger partial charge in [-0.2, -0.15) is 18.3 Å². The van der Waals surface area contributed by atoms with Crippen LogP contribution in [0.15, 0.2) is 31.0 Å². The molecule has 0 saturated heterocycles. The molecule has 1 atom stereocenters. The highest BCUT2D eigenvalue weighted by Gasteiger charge is 2.41. The number of halogens is 3. The van der Waals surface area contributed by atoms with Crippen molar-refractivity contribution in [2.24, 2.45) is 5.41 Å². The van der Waals surface area contributed by atoms with Crippen LogP contribution < -0.4 is 0 Å². The minimum Gasteiger partial charge on any atom is -0.361 e. The number of carbonyl (C=O) groups is 1. The van der Waals surface area contributed by atoms with Gasteiger partial charge in [0.15, 0.2) is 6.04 Å². The molecule has 0 aliphatic heterocycles. The van der Waals surface area contributed by atoms with Crippen molar-refractivity contribution in [2.45, 2.75) is 110 Å². The van der Waals surface area contributed by atoms with Crippen molar-refractivity contribution in [3.8, 4) is 11.3 Å². The number of alkyl halides is 3. The molecule has 0 unspecified atom stereocenters. The third-order valence-electron chi connectivity index (χ3n) is 6.89. The Balaban J connectivity index is 1.40. The number of rotatable bonds is 17. The number of hydrogen-bond acceptors (Lipinski definition) is 5. The molecule has 0 saturated carbocycles. The van der Waals surface area contributed by atoms with Crippen LogP contribution in [0.4, 0.5) is 13.2 Å². The summed E-state index contributed by atoms with van der Waals surface area (Å²) in [6, 6.07) is -0.191. The zero-order chi connectivity index (χ0) is 28.3. The maximum Gasteiger partial charge on any atom is 0.411 e. The molecule has 0 aliphatic carbocycles. The molecule has 0 radical (unpaired) electrons. The highest BCUT2D eigenvalue weighted by Crippen LogP contribution is 2.34. The van der Waals surface area contributed by atoms with Gasteiger partial charge in [-0.1, -0.05) is 72.1 Å². The van der Waals surface area contributed by atoms with E-state index in [0.29, 0.717) is 41.0 Å². The lowest BCUT2D eigenvalue weighted by Gasteiger charge is -2.18. The van der Waals surface area contributed by atoms with Crippen molar-refractivity contribution in [3.63, 3.8) is 0 Å². The predicted molar refractivity (Wildman–Crippen MR) is 146 cm³/mol. The van der Waals surface area contributed by atoms with Crippen molar-refractivity contribution >= 4 is 17.3 Å². The van der Waals surface area contributed by atoms with Gasteiger partial charge in [0.2, 0.25) is 0 Å².